The van der Waals surface area contributed by atoms with Crippen molar-refractivity contribution in [3.05, 3.63) is 50.6 Å². The molecule has 33 heavy (non-hydrogen) atoms. The van der Waals surface area contributed by atoms with E-state index in [4.69, 9.17) is 21.1 Å². The lowest BCUT2D eigenvalue weighted by Crippen LogP contribution is -2.51. The summed E-state index contributed by atoms with van der Waals surface area (Å²) in [6.45, 7) is 4.59. The molecule has 1 fully saturated rings. The fourth-order valence-corrected chi connectivity index (χ4v) is 4.78. The van der Waals surface area contributed by atoms with Crippen molar-refractivity contribution in [1.29, 1.82) is 0 Å². The number of ether oxygens (including phenoxy) is 2. The highest BCUT2D eigenvalue weighted by molar-refractivity contribution is 14.1. The molecule has 2 aliphatic heterocycles. The fourth-order valence-electron chi connectivity index (χ4n) is 3.87. The Morgan fingerprint density at radius 3 is 2.64 bits per heavy atom. The van der Waals surface area contributed by atoms with Crippen LogP contribution in [0.4, 0.5) is 10.5 Å². The van der Waals surface area contributed by atoms with Crippen LogP contribution in [0.2, 0.25) is 5.02 Å². The Morgan fingerprint density at radius 2 is 1.94 bits per heavy atom. The molecule has 8 nitrogen and oxygen atoms in total. The molecule has 10 heteroatoms. The lowest BCUT2D eigenvalue weighted by atomic mass is 9.96. The third kappa shape index (κ3) is 4.74. The highest BCUT2D eigenvalue weighted by Gasteiger charge is 2.47. The van der Waals surface area contributed by atoms with Crippen LogP contribution >= 0.6 is 34.2 Å². The van der Waals surface area contributed by atoms with Crippen molar-refractivity contribution in [3.8, 4) is 11.5 Å². The van der Waals surface area contributed by atoms with Gasteiger partial charge in [-0.2, -0.15) is 0 Å². The molecule has 0 radical (unpaired) electrons. The number of urea groups is 1. The van der Waals surface area contributed by atoms with Crippen LogP contribution in [0.5, 0.6) is 11.5 Å². The first-order valence-electron chi connectivity index (χ1n) is 10.6. The Morgan fingerprint density at radius 1 is 1.21 bits per heavy atom. The number of amides is 4. The Hall–Kier alpha value is -2.53. The van der Waals surface area contributed by atoms with Crippen LogP contribution in [0.15, 0.2) is 36.4 Å². The van der Waals surface area contributed by atoms with E-state index in [2.05, 4.69) is 33.2 Å². The van der Waals surface area contributed by atoms with Crippen molar-refractivity contribution in [2.75, 3.05) is 18.5 Å². The minimum absolute atomic E-state index is 0.277. The second-order valence-corrected chi connectivity index (χ2v) is 9.59. The molecule has 0 bridgehead atoms. The van der Waals surface area contributed by atoms with Gasteiger partial charge in [-0.05, 0) is 64.4 Å². The zero-order valence-corrected chi connectivity index (χ0v) is 21.0. The van der Waals surface area contributed by atoms with Crippen molar-refractivity contribution in [1.82, 2.24) is 10.2 Å². The molecule has 2 heterocycles. The number of nitrogens with one attached hydrogen (secondary N) is 2. The summed E-state index contributed by atoms with van der Waals surface area (Å²) in [6, 6.07) is 7.80. The Bertz CT molecular complexity index is 1110. The number of nitrogens with zero attached hydrogens (tertiary/aromatic N) is 1. The third-order valence-corrected chi connectivity index (χ3v) is 6.77. The van der Waals surface area contributed by atoms with E-state index in [1.54, 1.807) is 30.3 Å². The van der Waals surface area contributed by atoms with Crippen LogP contribution in [-0.2, 0) is 9.59 Å². The predicted octanol–water partition coefficient (Wildman–Crippen LogP) is 4.36. The number of imide groups is 1. The molecule has 0 aliphatic carbocycles. The van der Waals surface area contributed by atoms with Gasteiger partial charge in [0, 0.05) is 3.57 Å². The van der Waals surface area contributed by atoms with Gasteiger partial charge in [-0.25, -0.2) is 9.69 Å². The molecule has 2 aliphatic rings. The number of rotatable bonds is 6. The van der Waals surface area contributed by atoms with E-state index in [0.29, 0.717) is 47.4 Å². The average Bonchev–Trinajstić information content (AvgIpc) is 3.09. The van der Waals surface area contributed by atoms with Gasteiger partial charge in [-0.15, -0.1) is 0 Å². The summed E-state index contributed by atoms with van der Waals surface area (Å²) in [5, 5.41) is 5.87. The second-order valence-electron chi connectivity index (χ2n) is 7.94. The Kier molecular flexibility index (Phi) is 6.99. The number of halogens is 2. The van der Waals surface area contributed by atoms with E-state index in [1.165, 1.54) is 0 Å². The summed E-state index contributed by atoms with van der Waals surface area (Å²) >= 11 is 8.39. The molecule has 4 rings (SSSR count). The number of carbonyl (C=O) groups is 3. The number of anilines is 1. The summed E-state index contributed by atoms with van der Waals surface area (Å²) in [4.78, 5) is 40.6. The van der Waals surface area contributed by atoms with Crippen LogP contribution in [-0.4, -0.2) is 42.0 Å². The van der Waals surface area contributed by atoms with Gasteiger partial charge in [0.2, 0.25) is 5.91 Å². The second kappa shape index (κ2) is 9.76. The summed E-state index contributed by atoms with van der Waals surface area (Å²) in [6.07, 6.45) is 0.588. The van der Waals surface area contributed by atoms with Crippen LogP contribution in [0, 0.1) is 9.49 Å². The van der Waals surface area contributed by atoms with Crippen molar-refractivity contribution in [2.45, 2.75) is 32.4 Å². The molecule has 0 saturated carbocycles. The molecular weight excluding hydrogens is 561 g/mol. The molecule has 2 aromatic carbocycles. The van der Waals surface area contributed by atoms with Crippen LogP contribution < -0.4 is 20.1 Å². The maximum absolute atomic E-state index is 13.4. The zero-order valence-electron chi connectivity index (χ0n) is 18.1. The maximum Gasteiger partial charge on any atom is 0.325 e. The van der Waals surface area contributed by atoms with Crippen LogP contribution in [0.25, 0.3) is 0 Å². The summed E-state index contributed by atoms with van der Waals surface area (Å²) in [7, 11) is 0. The van der Waals surface area contributed by atoms with Gasteiger partial charge < -0.3 is 20.1 Å². The first kappa shape index (κ1) is 23.6. The number of benzene rings is 2. The highest BCUT2D eigenvalue weighted by Crippen LogP contribution is 2.35. The topological polar surface area (TPSA) is 97.0 Å². The molecule has 0 aromatic heterocycles. The summed E-state index contributed by atoms with van der Waals surface area (Å²) in [5.74, 6) is -0.139. The number of carbonyl (C=O) groups excluding carboxylic acids is 3. The number of hydrogen-bond donors (Lipinski definition) is 2. The van der Waals surface area contributed by atoms with Crippen LogP contribution in [0.3, 0.4) is 0 Å². The molecule has 2 aromatic rings. The third-order valence-electron chi connectivity index (χ3n) is 5.79. The Balaban J connectivity index is 1.60. The standard InChI is InChI=1S/C23H23ClIN3O5/c1-3-12(2)20(21(29)26-16-6-5-14(25)11-15(16)24)28-22(30)19(27-23(28)31)13-4-7-17-18(10-13)33-9-8-32-17/h4-7,10-12,19-20H,3,8-9H2,1-2H3,(H,26,29)(H,27,31)/t12-,19+,20-/m0/s1. The average molecular weight is 584 g/mol. The minimum Gasteiger partial charge on any atom is -0.486 e. The fraction of sp³-hybridized carbons (Fsp3) is 0.348. The quantitative estimate of drug-likeness (QED) is 0.389. The van der Waals surface area contributed by atoms with E-state index < -0.39 is 29.9 Å². The van der Waals surface area contributed by atoms with Crippen molar-refractivity contribution in [3.63, 3.8) is 0 Å². The lowest BCUT2D eigenvalue weighted by Gasteiger charge is -2.29. The first-order chi connectivity index (χ1) is 15.8. The van der Waals surface area contributed by atoms with E-state index in [1.807, 2.05) is 19.9 Å². The summed E-state index contributed by atoms with van der Waals surface area (Å²) < 4.78 is 12.0. The van der Waals surface area contributed by atoms with E-state index in [0.717, 1.165) is 8.47 Å². The molecule has 2 N–H and O–H groups in total. The summed E-state index contributed by atoms with van der Waals surface area (Å²) in [5.41, 5.74) is 0.981. The molecule has 0 spiro atoms. The molecule has 1 saturated heterocycles. The molecule has 3 atom stereocenters. The van der Waals surface area contributed by atoms with E-state index in [-0.39, 0.29) is 5.92 Å². The normalized spacial score (nSPS) is 19.2. The van der Waals surface area contributed by atoms with Crippen molar-refractivity contribution in [2.24, 2.45) is 5.92 Å². The van der Waals surface area contributed by atoms with Crippen molar-refractivity contribution >= 4 is 57.7 Å². The van der Waals surface area contributed by atoms with Gasteiger partial charge in [-0.3, -0.25) is 9.59 Å². The number of hydrogen-bond acceptors (Lipinski definition) is 5. The first-order valence-corrected chi connectivity index (χ1v) is 12.0. The molecular formula is C23H23ClIN3O5. The van der Waals surface area contributed by atoms with Gasteiger partial charge in [0.05, 0.1) is 10.7 Å². The van der Waals surface area contributed by atoms with Gasteiger partial charge in [0.25, 0.3) is 5.91 Å². The lowest BCUT2D eigenvalue weighted by molar-refractivity contribution is -0.135. The SMILES string of the molecule is CC[C@H](C)[C@@H](C(=O)Nc1ccc(I)cc1Cl)N1C(=O)N[C@H](c2ccc3c(c2)OCCO3)C1=O. The predicted molar refractivity (Wildman–Crippen MR) is 132 cm³/mol. The largest absolute Gasteiger partial charge is 0.486 e. The molecule has 0 unspecified atom stereocenters. The van der Waals surface area contributed by atoms with Gasteiger partial charge >= 0.3 is 6.03 Å². The highest BCUT2D eigenvalue weighted by atomic mass is 127. The van der Waals surface area contributed by atoms with Gasteiger partial charge in [0.15, 0.2) is 11.5 Å². The van der Waals surface area contributed by atoms with Gasteiger partial charge in [0.1, 0.15) is 25.3 Å². The smallest absolute Gasteiger partial charge is 0.325 e. The van der Waals surface area contributed by atoms with Crippen molar-refractivity contribution < 1.29 is 23.9 Å². The Labute approximate surface area is 210 Å². The van der Waals surface area contributed by atoms with Crippen LogP contribution in [0.1, 0.15) is 31.9 Å². The van der Waals surface area contributed by atoms with E-state index >= 15 is 0 Å². The zero-order chi connectivity index (χ0) is 23.7. The van der Waals surface area contributed by atoms with Gasteiger partial charge in [-0.1, -0.05) is 37.9 Å². The molecule has 4 amide bonds. The van der Waals surface area contributed by atoms with E-state index in [9.17, 15) is 14.4 Å². The molecule has 174 valence electrons. The minimum atomic E-state index is -1.000. The maximum atomic E-state index is 13.4. The number of fused-ring (bicyclic) bond motifs is 1. The monoisotopic (exact) mass is 583 g/mol.